The van der Waals surface area contributed by atoms with Gasteiger partial charge in [-0.1, -0.05) is 24.6 Å². The molecule has 6 rings (SSSR count). The first-order valence-electron chi connectivity index (χ1n) is 13.6. The van der Waals surface area contributed by atoms with Crippen LogP contribution in [0.1, 0.15) is 33.1 Å². The minimum absolute atomic E-state index is 0.0158. The van der Waals surface area contributed by atoms with Crippen LogP contribution in [0.2, 0.25) is 5.02 Å². The van der Waals surface area contributed by atoms with Crippen LogP contribution >= 0.6 is 11.6 Å². The molecule has 9 atom stereocenters. The zero-order chi connectivity index (χ0) is 29.8. The number of nitrogens with zero attached hydrogens (tertiary/aromatic N) is 1. The van der Waals surface area contributed by atoms with Crippen LogP contribution in [-0.4, -0.2) is 68.0 Å². The average Bonchev–Trinajstić information content (AvgIpc) is 3.39. The molecule has 0 radical (unpaired) electrons. The van der Waals surface area contributed by atoms with Crippen molar-refractivity contribution in [2.75, 3.05) is 24.5 Å². The molecule has 4 fully saturated rings. The summed E-state index contributed by atoms with van der Waals surface area (Å²) < 4.78 is 61.9. The van der Waals surface area contributed by atoms with Crippen molar-refractivity contribution in [2.24, 2.45) is 28.6 Å². The molecule has 1 saturated heterocycles. The highest BCUT2D eigenvalue weighted by molar-refractivity contribution is 7.86. The molecule has 0 unspecified atom stereocenters. The van der Waals surface area contributed by atoms with Gasteiger partial charge < -0.3 is 5.11 Å². The van der Waals surface area contributed by atoms with Gasteiger partial charge in [-0.05, 0) is 74.1 Å². The molecule has 0 bridgehead atoms. The van der Waals surface area contributed by atoms with Gasteiger partial charge in [-0.15, -0.1) is 0 Å². The van der Waals surface area contributed by atoms with Gasteiger partial charge in [-0.3, -0.25) is 23.7 Å². The van der Waals surface area contributed by atoms with E-state index in [1.165, 1.54) is 19.1 Å². The fourth-order valence-corrected chi connectivity index (χ4v) is 9.22. The normalized spacial score (nSPS) is 43.2. The van der Waals surface area contributed by atoms with E-state index in [1.54, 1.807) is 36.3 Å². The van der Waals surface area contributed by atoms with Crippen molar-refractivity contribution >= 4 is 39.0 Å². The number of aliphatic hydroxyl groups is 1. The molecule has 3 saturated carbocycles. The quantitative estimate of drug-likeness (QED) is 0.499. The Balaban J connectivity index is 1.44. The first kappa shape index (κ1) is 28.9. The molecule has 41 heavy (non-hydrogen) atoms. The Morgan fingerprint density at radius 2 is 1.90 bits per heavy atom. The third-order valence-electron chi connectivity index (χ3n) is 10.6. The minimum Gasteiger partial charge on any atom is -0.390 e. The van der Waals surface area contributed by atoms with Crippen molar-refractivity contribution in [3.63, 3.8) is 0 Å². The van der Waals surface area contributed by atoms with Crippen LogP contribution in [0.15, 0.2) is 48.1 Å². The predicted octanol–water partition coefficient (Wildman–Crippen LogP) is 3.92. The Kier molecular flexibility index (Phi) is 6.46. The third-order valence-corrected chi connectivity index (χ3v) is 11.4. The summed E-state index contributed by atoms with van der Waals surface area (Å²) in [7, 11) is -3.98. The molecule has 1 heterocycles. The number of benzene rings is 1. The zero-order valence-corrected chi connectivity index (χ0v) is 24.4. The van der Waals surface area contributed by atoms with Gasteiger partial charge in [0.05, 0.1) is 24.6 Å². The monoisotopic (exact) mass is 611 g/mol. The summed E-state index contributed by atoms with van der Waals surface area (Å²) in [4.78, 5) is 32.7. The van der Waals surface area contributed by atoms with Crippen LogP contribution in [-0.2, 0) is 28.7 Å². The van der Waals surface area contributed by atoms with Crippen LogP contribution in [0.5, 0.6) is 0 Å². The van der Waals surface area contributed by atoms with E-state index in [0.29, 0.717) is 10.7 Å². The number of hydrogen-bond acceptors (Lipinski definition) is 8. The van der Waals surface area contributed by atoms with E-state index in [1.807, 2.05) is 0 Å². The number of rotatable bonds is 5. The zero-order valence-electron chi connectivity index (χ0n) is 22.8. The van der Waals surface area contributed by atoms with Gasteiger partial charge in [0.15, 0.2) is 22.8 Å². The number of alkyl halides is 2. The van der Waals surface area contributed by atoms with E-state index in [9.17, 15) is 23.1 Å². The molecule has 222 valence electrons. The summed E-state index contributed by atoms with van der Waals surface area (Å²) in [6.07, 6.45) is 1.09. The molecule has 1 aromatic carbocycles. The number of Topliss-reactive ketones (excluding diaryl/α,β-unsaturated/α-hetero) is 1. The number of anilines is 1. The van der Waals surface area contributed by atoms with Gasteiger partial charge in [0.2, 0.25) is 0 Å². The highest BCUT2D eigenvalue weighted by Crippen LogP contribution is 2.72. The minimum atomic E-state index is -3.98. The molecule has 0 aromatic heterocycles. The van der Waals surface area contributed by atoms with E-state index >= 15 is 8.78 Å². The molecule has 8 nitrogen and oxygen atoms in total. The molecule has 4 aliphatic carbocycles. The van der Waals surface area contributed by atoms with Crippen LogP contribution < -0.4 is 5.06 Å². The Labute approximate surface area is 242 Å². The predicted molar refractivity (Wildman–Crippen MR) is 146 cm³/mol. The van der Waals surface area contributed by atoms with Crippen LogP contribution in [0, 0.1) is 28.6 Å². The molecule has 12 heteroatoms. The summed E-state index contributed by atoms with van der Waals surface area (Å²) in [6, 6.07) is 6.77. The summed E-state index contributed by atoms with van der Waals surface area (Å²) >= 11 is 6.05. The van der Waals surface area contributed by atoms with Crippen molar-refractivity contribution in [3.8, 4) is 0 Å². The lowest BCUT2D eigenvalue weighted by Crippen LogP contribution is -2.70. The fourth-order valence-electron chi connectivity index (χ4n) is 8.78. The number of hydrogen-bond donors (Lipinski definition) is 1. The van der Waals surface area contributed by atoms with E-state index < -0.39 is 80.4 Å². The molecule has 1 N–H and O–H groups in total. The summed E-state index contributed by atoms with van der Waals surface area (Å²) in [5.74, 6) is -3.22. The average molecular weight is 612 g/mol. The number of halogens is 3. The maximum absolute atomic E-state index is 17.6. The summed E-state index contributed by atoms with van der Waals surface area (Å²) in [5, 5.41) is 13.7. The topological polar surface area (TPSA) is 110 Å². The van der Waals surface area contributed by atoms with Crippen molar-refractivity contribution in [1.82, 2.24) is 0 Å². The maximum atomic E-state index is 17.6. The number of aliphatic hydroxyl groups excluding tert-OH is 1. The lowest BCUT2D eigenvalue weighted by Gasteiger charge is -2.63. The van der Waals surface area contributed by atoms with Gasteiger partial charge in [-0.25, -0.2) is 8.78 Å². The van der Waals surface area contributed by atoms with Gasteiger partial charge in [0.1, 0.15) is 12.8 Å². The molecular formula is C29H32ClF2NO7S. The summed E-state index contributed by atoms with van der Waals surface area (Å²) in [5.41, 5.74) is -6.13. The lowest BCUT2D eigenvalue weighted by molar-refractivity contribution is -0.227. The molecule has 0 amide bonds. The molecule has 5 aliphatic rings. The third kappa shape index (κ3) is 3.88. The Hall–Kier alpha value is -2.18. The van der Waals surface area contributed by atoms with Gasteiger partial charge in [0.25, 0.3) is 10.1 Å². The second-order valence-electron chi connectivity index (χ2n) is 12.5. The highest BCUT2D eigenvalue weighted by Gasteiger charge is 2.79. The first-order chi connectivity index (χ1) is 19.1. The first-order valence-corrected chi connectivity index (χ1v) is 15.8. The fraction of sp³-hybridized carbons (Fsp3) is 0.586. The van der Waals surface area contributed by atoms with Crippen LogP contribution in [0.3, 0.4) is 0 Å². The van der Waals surface area contributed by atoms with E-state index in [-0.39, 0.29) is 31.4 Å². The number of allylic oxidation sites excluding steroid dienone is 4. The molecule has 1 aromatic rings. The van der Waals surface area contributed by atoms with E-state index in [4.69, 9.17) is 20.6 Å². The van der Waals surface area contributed by atoms with Crippen LogP contribution in [0.25, 0.3) is 0 Å². The van der Waals surface area contributed by atoms with Crippen molar-refractivity contribution in [2.45, 2.75) is 56.7 Å². The van der Waals surface area contributed by atoms with E-state index in [2.05, 4.69) is 0 Å². The van der Waals surface area contributed by atoms with Crippen LogP contribution in [0.4, 0.5) is 14.5 Å². The summed E-state index contributed by atoms with van der Waals surface area (Å²) in [6.45, 7) is 2.68. The maximum Gasteiger partial charge on any atom is 0.264 e. The molecule has 1 aliphatic heterocycles. The number of carbonyl (C=O) groups excluding carboxylic acids is 2. The molecule has 0 spiro atoms. The second-order valence-corrected chi connectivity index (χ2v) is 14.6. The van der Waals surface area contributed by atoms with Crippen molar-refractivity contribution < 1.29 is 40.9 Å². The lowest BCUT2D eigenvalue weighted by atomic mass is 9.44. The molecular weight excluding hydrogens is 580 g/mol. The largest absolute Gasteiger partial charge is 0.390 e. The highest BCUT2D eigenvalue weighted by atomic mass is 35.5. The number of ketones is 2. The Morgan fingerprint density at radius 1 is 1.22 bits per heavy atom. The van der Waals surface area contributed by atoms with Crippen molar-refractivity contribution in [3.05, 3.63) is 53.1 Å². The SMILES string of the molecule is C[C@]12C=CC(=O)C=C1[C@@H](F)C[C@H]1[C@@H]3C[C@H]4CN(c5ccc(Cl)cc5)O[C@]4(C(=O)COS(C)(=O)=O)[C@@]3(C)C[C@H](O)[C@]12F. The second kappa shape index (κ2) is 9.16. The van der Waals surface area contributed by atoms with Gasteiger partial charge in [-0.2, -0.15) is 8.42 Å². The number of fused-ring (bicyclic) bond motifs is 7. The number of carbonyl (C=O) groups is 2. The smallest absolute Gasteiger partial charge is 0.264 e. The van der Waals surface area contributed by atoms with Gasteiger partial charge in [0, 0.05) is 27.7 Å². The Bertz CT molecular complexity index is 1480. The Morgan fingerprint density at radius 3 is 2.56 bits per heavy atom. The van der Waals surface area contributed by atoms with E-state index in [0.717, 1.165) is 12.3 Å². The van der Waals surface area contributed by atoms with Gasteiger partial charge >= 0.3 is 0 Å². The van der Waals surface area contributed by atoms with Crippen molar-refractivity contribution in [1.29, 1.82) is 0 Å². The standard InChI is InChI=1S/C29H32ClF2NO7S/c1-26-9-8-19(34)11-22(26)23(31)12-21-20-10-16-14-33(18-6-4-17(30)5-7-18)40-29(16,25(36)15-39-41(3,37)38)27(20,2)13-24(35)28(21,26)32/h4-9,11,16,20-21,23-24,35H,10,12-15H2,1-3H3/t16-,20-,21-,23-,24-,26-,27-,28+,29+/m0/s1. The number of hydroxylamine groups is 1.